The molecule has 1 N–H and O–H groups in total. The SMILES string of the molecule is O=C(NC(Cc1ccccc1)C(=O)N1CCCC1)c1cccc(OCc2ccccc2)c1. The number of hydrogen-bond donors (Lipinski definition) is 1. The molecule has 32 heavy (non-hydrogen) atoms. The van der Waals surface area contributed by atoms with Gasteiger partial charge in [0.2, 0.25) is 5.91 Å². The van der Waals surface area contributed by atoms with E-state index in [0.717, 1.165) is 37.1 Å². The Morgan fingerprint density at radius 2 is 1.50 bits per heavy atom. The molecule has 1 saturated heterocycles. The van der Waals surface area contributed by atoms with Crippen molar-refractivity contribution in [3.8, 4) is 5.75 Å². The summed E-state index contributed by atoms with van der Waals surface area (Å²) in [6, 6.07) is 26.2. The molecule has 1 aliphatic heterocycles. The topological polar surface area (TPSA) is 58.6 Å². The van der Waals surface area contributed by atoms with E-state index in [2.05, 4.69) is 5.32 Å². The molecule has 0 aromatic heterocycles. The van der Waals surface area contributed by atoms with Crippen LogP contribution >= 0.6 is 0 Å². The van der Waals surface area contributed by atoms with Crippen molar-refractivity contribution in [1.29, 1.82) is 0 Å². The van der Waals surface area contributed by atoms with E-state index in [1.807, 2.05) is 71.6 Å². The smallest absolute Gasteiger partial charge is 0.252 e. The van der Waals surface area contributed by atoms with Gasteiger partial charge in [0.05, 0.1) is 0 Å². The molecule has 1 heterocycles. The summed E-state index contributed by atoms with van der Waals surface area (Å²) in [5, 5.41) is 2.97. The highest BCUT2D eigenvalue weighted by atomic mass is 16.5. The predicted octanol–water partition coefficient (Wildman–Crippen LogP) is 4.23. The molecule has 2 amide bonds. The second-order valence-corrected chi connectivity index (χ2v) is 8.05. The van der Waals surface area contributed by atoms with E-state index in [-0.39, 0.29) is 11.8 Å². The number of carbonyl (C=O) groups is 2. The maximum Gasteiger partial charge on any atom is 0.252 e. The van der Waals surface area contributed by atoms with E-state index in [9.17, 15) is 9.59 Å². The van der Waals surface area contributed by atoms with Gasteiger partial charge in [-0.15, -0.1) is 0 Å². The average molecular weight is 429 g/mol. The van der Waals surface area contributed by atoms with Gasteiger partial charge in [-0.3, -0.25) is 9.59 Å². The van der Waals surface area contributed by atoms with Gasteiger partial charge in [-0.25, -0.2) is 0 Å². The summed E-state index contributed by atoms with van der Waals surface area (Å²) in [5.74, 6) is 0.326. The molecule has 0 saturated carbocycles. The number of likely N-dealkylation sites (tertiary alicyclic amines) is 1. The Balaban J connectivity index is 1.45. The van der Waals surface area contributed by atoms with Crippen LogP contribution in [0.25, 0.3) is 0 Å². The van der Waals surface area contributed by atoms with Gasteiger partial charge in [-0.05, 0) is 42.2 Å². The van der Waals surface area contributed by atoms with E-state index < -0.39 is 6.04 Å². The summed E-state index contributed by atoms with van der Waals surface area (Å²) >= 11 is 0. The Morgan fingerprint density at radius 3 is 2.19 bits per heavy atom. The molecule has 5 heteroatoms. The molecule has 0 radical (unpaired) electrons. The van der Waals surface area contributed by atoms with Crippen molar-refractivity contribution in [3.05, 3.63) is 102 Å². The molecular weight excluding hydrogens is 400 g/mol. The fourth-order valence-corrected chi connectivity index (χ4v) is 3.92. The summed E-state index contributed by atoms with van der Waals surface area (Å²) in [5.41, 5.74) is 2.55. The van der Waals surface area contributed by atoms with Gasteiger partial charge in [0, 0.05) is 25.1 Å². The van der Waals surface area contributed by atoms with Crippen molar-refractivity contribution in [2.24, 2.45) is 0 Å². The van der Waals surface area contributed by atoms with E-state index >= 15 is 0 Å². The zero-order chi connectivity index (χ0) is 22.2. The third kappa shape index (κ3) is 5.76. The molecule has 4 rings (SSSR count). The Morgan fingerprint density at radius 1 is 0.844 bits per heavy atom. The first-order chi connectivity index (χ1) is 15.7. The van der Waals surface area contributed by atoms with Crippen LogP contribution in [0.5, 0.6) is 5.75 Å². The summed E-state index contributed by atoms with van der Waals surface area (Å²) in [6.07, 6.45) is 2.49. The predicted molar refractivity (Wildman–Crippen MR) is 124 cm³/mol. The summed E-state index contributed by atoms with van der Waals surface area (Å²) in [6.45, 7) is 1.93. The first kappa shape index (κ1) is 21.6. The number of carbonyl (C=O) groups excluding carboxylic acids is 2. The van der Waals surface area contributed by atoms with Gasteiger partial charge in [0.25, 0.3) is 5.91 Å². The molecule has 164 valence electrons. The van der Waals surface area contributed by atoms with Crippen molar-refractivity contribution in [2.75, 3.05) is 13.1 Å². The van der Waals surface area contributed by atoms with Crippen LogP contribution in [0.1, 0.15) is 34.3 Å². The van der Waals surface area contributed by atoms with Gasteiger partial charge < -0.3 is 15.0 Å². The average Bonchev–Trinajstić information content (AvgIpc) is 3.38. The van der Waals surface area contributed by atoms with Crippen molar-refractivity contribution < 1.29 is 14.3 Å². The summed E-state index contributed by atoms with van der Waals surface area (Å²) in [7, 11) is 0. The summed E-state index contributed by atoms with van der Waals surface area (Å²) < 4.78 is 5.86. The highest BCUT2D eigenvalue weighted by Crippen LogP contribution is 2.17. The third-order valence-corrected chi connectivity index (χ3v) is 5.65. The van der Waals surface area contributed by atoms with Crippen LogP contribution in [0.2, 0.25) is 0 Å². The van der Waals surface area contributed by atoms with Crippen LogP contribution < -0.4 is 10.1 Å². The maximum absolute atomic E-state index is 13.1. The monoisotopic (exact) mass is 428 g/mol. The number of ether oxygens (including phenoxy) is 1. The molecule has 0 bridgehead atoms. The molecule has 0 spiro atoms. The van der Waals surface area contributed by atoms with Crippen LogP contribution in [0.3, 0.4) is 0 Å². The van der Waals surface area contributed by atoms with Gasteiger partial charge in [0.15, 0.2) is 0 Å². The van der Waals surface area contributed by atoms with E-state index in [0.29, 0.717) is 24.3 Å². The molecule has 3 aromatic rings. The lowest BCUT2D eigenvalue weighted by molar-refractivity contribution is -0.132. The minimum atomic E-state index is -0.600. The normalized spacial score (nSPS) is 14.1. The first-order valence-corrected chi connectivity index (χ1v) is 11.1. The zero-order valence-electron chi connectivity index (χ0n) is 18.1. The van der Waals surface area contributed by atoms with Gasteiger partial charge in [-0.1, -0.05) is 66.7 Å². The minimum Gasteiger partial charge on any atom is -0.489 e. The molecule has 1 atom stereocenters. The number of benzene rings is 3. The lowest BCUT2D eigenvalue weighted by atomic mass is 10.0. The van der Waals surface area contributed by atoms with Crippen LogP contribution in [0, 0.1) is 0 Å². The van der Waals surface area contributed by atoms with Gasteiger partial charge >= 0.3 is 0 Å². The number of hydrogen-bond acceptors (Lipinski definition) is 3. The molecule has 1 aliphatic rings. The van der Waals surface area contributed by atoms with Crippen LogP contribution in [0.4, 0.5) is 0 Å². The van der Waals surface area contributed by atoms with Gasteiger partial charge in [0.1, 0.15) is 18.4 Å². The molecule has 1 unspecified atom stereocenters. The summed E-state index contributed by atoms with van der Waals surface area (Å²) in [4.78, 5) is 28.0. The third-order valence-electron chi connectivity index (χ3n) is 5.65. The Labute approximate surface area is 189 Å². The highest BCUT2D eigenvalue weighted by molar-refractivity contribution is 5.98. The van der Waals surface area contributed by atoms with Gasteiger partial charge in [-0.2, -0.15) is 0 Å². The Bertz CT molecular complexity index is 1030. The fraction of sp³-hybridized carbons (Fsp3) is 0.259. The second-order valence-electron chi connectivity index (χ2n) is 8.05. The first-order valence-electron chi connectivity index (χ1n) is 11.1. The second kappa shape index (κ2) is 10.6. The molecule has 3 aromatic carbocycles. The fourth-order valence-electron chi connectivity index (χ4n) is 3.92. The van der Waals surface area contributed by atoms with Crippen molar-refractivity contribution in [2.45, 2.75) is 31.9 Å². The molecular formula is C27H28N2O3. The largest absolute Gasteiger partial charge is 0.489 e. The lowest BCUT2D eigenvalue weighted by Crippen LogP contribution is -2.49. The molecule has 1 fully saturated rings. The van der Waals surface area contributed by atoms with Crippen molar-refractivity contribution in [1.82, 2.24) is 10.2 Å². The standard InChI is InChI=1S/C27H28N2O3/c30-26(23-14-9-15-24(19-23)32-20-22-12-5-2-6-13-22)28-25(18-21-10-3-1-4-11-21)27(31)29-16-7-8-17-29/h1-6,9-15,19,25H,7-8,16-18,20H2,(H,28,30). The Hall–Kier alpha value is -3.60. The maximum atomic E-state index is 13.1. The Kier molecular flexibility index (Phi) is 7.18. The quantitative estimate of drug-likeness (QED) is 0.584. The van der Waals surface area contributed by atoms with E-state index in [1.165, 1.54) is 0 Å². The highest BCUT2D eigenvalue weighted by Gasteiger charge is 2.28. The lowest BCUT2D eigenvalue weighted by Gasteiger charge is -2.24. The van der Waals surface area contributed by atoms with Crippen LogP contribution in [-0.4, -0.2) is 35.8 Å². The number of amides is 2. The van der Waals surface area contributed by atoms with E-state index in [1.54, 1.807) is 18.2 Å². The number of nitrogens with one attached hydrogen (secondary N) is 1. The van der Waals surface area contributed by atoms with Crippen LogP contribution in [-0.2, 0) is 17.8 Å². The van der Waals surface area contributed by atoms with Crippen molar-refractivity contribution in [3.63, 3.8) is 0 Å². The minimum absolute atomic E-state index is 0.0174. The van der Waals surface area contributed by atoms with Crippen LogP contribution in [0.15, 0.2) is 84.9 Å². The molecule has 5 nitrogen and oxygen atoms in total. The zero-order valence-corrected chi connectivity index (χ0v) is 18.1. The number of nitrogens with zero attached hydrogens (tertiary/aromatic N) is 1. The van der Waals surface area contributed by atoms with E-state index in [4.69, 9.17) is 4.74 Å². The molecule has 0 aliphatic carbocycles. The van der Waals surface area contributed by atoms with Crippen molar-refractivity contribution >= 4 is 11.8 Å². The number of rotatable bonds is 8.